The molecule has 1 aliphatic heterocycles. The summed E-state index contributed by atoms with van der Waals surface area (Å²) in [7, 11) is 0. The number of rotatable bonds is 3. The van der Waals surface area contributed by atoms with Gasteiger partial charge in [-0.05, 0) is 42.5 Å². The second kappa shape index (κ2) is 5.60. The molecule has 0 aliphatic carbocycles. The van der Waals surface area contributed by atoms with Gasteiger partial charge in [-0.1, -0.05) is 19.1 Å². The molecule has 1 fully saturated rings. The lowest BCUT2D eigenvalue weighted by Gasteiger charge is -2.09. The molecule has 120 valence electrons. The zero-order valence-electron chi connectivity index (χ0n) is 13.0. The Hall–Kier alpha value is -1.94. The van der Waals surface area contributed by atoms with Crippen LogP contribution in [-0.2, 0) is 17.6 Å². The predicted molar refractivity (Wildman–Crippen MR) is 85.7 cm³/mol. The van der Waals surface area contributed by atoms with E-state index < -0.39 is 5.82 Å². The van der Waals surface area contributed by atoms with Crippen LogP contribution in [0.3, 0.4) is 0 Å². The molecule has 2 nitrogen and oxygen atoms in total. The van der Waals surface area contributed by atoms with Crippen LogP contribution in [0, 0.1) is 11.6 Å². The SMILES string of the molecule is CCc1ccc2c(oc3c(F)c(CC4CCCO4)ccc32)c1F. The fourth-order valence-corrected chi connectivity index (χ4v) is 3.40. The van der Waals surface area contributed by atoms with Crippen LogP contribution in [0.1, 0.15) is 30.9 Å². The molecule has 1 atom stereocenters. The van der Waals surface area contributed by atoms with Crippen LogP contribution in [0.5, 0.6) is 0 Å². The molecule has 2 aromatic carbocycles. The van der Waals surface area contributed by atoms with Gasteiger partial charge in [0.15, 0.2) is 22.8 Å². The lowest BCUT2D eigenvalue weighted by Crippen LogP contribution is -2.10. The number of hydrogen-bond donors (Lipinski definition) is 0. The van der Waals surface area contributed by atoms with E-state index in [-0.39, 0.29) is 23.1 Å². The van der Waals surface area contributed by atoms with E-state index in [0.717, 1.165) is 19.4 Å². The van der Waals surface area contributed by atoms with E-state index in [1.54, 1.807) is 12.1 Å². The first-order valence-corrected chi connectivity index (χ1v) is 8.11. The van der Waals surface area contributed by atoms with Gasteiger partial charge in [0.25, 0.3) is 0 Å². The molecule has 3 aromatic rings. The van der Waals surface area contributed by atoms with Crippen molar-refractivity contribution in [3.8, 4) is 0 Å². The van der Waals surface area contributed by atoms with E-state index in [0.29, 0.717) is 34.7 Å². The van der Waals surface area contributed by atoms with Gasteiger partial charge in [-0.3, -0.25) is 0 Å². The van der Waals surface area contributed by atoms with E-state index >= 15 is 0 Å². The number of hydrogen-bond acceptors (Lipinski definition) is 2. The van der Waals surface area contributed by atoms with Crippen LogP contribution in [0.25, 0.3) is 21.9 Å². The van der Waals surface area contributed by atoms with Gasteiger partial charge in [0, 0.05) is 23.8 Å². The monoisotopic (exact) mass is 316 g/mol. The Labute approximate surface area is 133 Å². The molecular weight excluding hydrogens is 298 g/mol. The van der Waals surface area contributed by atoms with Gasteiger partial charge in [-0.2, -0.15) is 0 Å². The highest BCUT2D eigenvalue weighted by molar-refractivity contribution is 6.05. The highest BCUT2D eigenvalue weighted by atomic mass is 19.1. The Balaban J connectivity index is 1.86. The van der Waals surface area contributed by atoms with Gasteiger partial charge >= 0.3 is 0 Å². The summed E-state index contributed by atoms with van der Waals surface area (Å²) >= 11 is 0. The predicted octanol–water partition coefficient (Wildman–Crippen LogP) is 5.15. The summed E-state index contributed by atoms with van der Waals surface area (Å²) in [6.45, 7) is 2.62. The highest BCUT2D eigenvalue weighted by Gasteiger charge is 2.22. The first-order valence-electron chi connectivity index (χ1n) is 8.11. The molecule has 0 bridgehead atoms. The molecule has 23 heavy (non-hydrogen) atoms. The molecule has 1 saturated heterocycles. The Morgan fingerprint density at radius 2 is 1.65 bits per heavy atom. The number of ether oxygens (including phenoxy) is 1. The quantitative estimate of drug-likeness (QED) is 0.667. The molecule has 0 radical (unpaired) electrons. The van der Waals surface area contributed by atoms with Crippen molar-refractivity contribution in [1.82, 2.24) is 0 Å². The summed E-state index contributed by atoms with van der Waals surface area (Å²) in [4.78, 5) is 0. The van der Waals surface area contributed by atoms with E-state index in [2.05, 4.69) is 0 Å². The summed E-state index contributed by atoms with van der Waals surface area (Å²) in [5, 5.41) is 1.24. The zero-order valence-corrected chi connectivity index (χ0v) is 13.0. The van der Waals surface area contributed by atoms with Crippen molar-refractivity contribution in [3.63, 3.8) is 0 Å². The molecule has 1 unspecified atom stereocenters. The van der Waals surface area contributed by atoms with Gasteiger partial charge < -0.3 is 9.15 Å². The van der Waals surface area contributed by atoms with Crippen LogP contribution in [-0.4, -0.2) is 12.7 Å². The third kappa shape index (κ3) is 2.32. The van der Waals surface area contributed by atoms with E-state index in [1.165, 1.54) is 0 Å². The van der Waals surface area contributed by atoms with Crippen molar-refractivity contribution in [2.45, 2.75) is 38.7 Å². The summed E-state index contributed by atoms with van der Waals surface area (Å²) in [5.74, 6) is -0.784. The number of halogens is 2. The second-order valence-electron chi connectivity index (χ2n) is 6.13. The van der Waals surface area contributed by atoms with Gasteiger partial charge in [-0.25, -0.2) is 8.78 Å². The van der Waals surface area contributed by atoms with Crippen LogP contribution in [0.4, 0.5) is 8.78 Å². The van der Waals surface area contributed by atoms with Crippen LogP contribution < -0.4 is 0 Å². The van der Waals surface area contributed by atoms with Crippen molar-refractivity contribution in [1.29, 1.82) is 0 Å². The Bertz CT molecular complexity index is 876. The molecule has 1 aromatic heterocycles. The smallest absolute Gasteiger partial charge is 0.171 e. The van der Waals surface area contributed by atoms with Gasteiger partial charge in [0.1, 0.15) is 0 Å². The summed E-state index contributed by atoms with van der Waals surface area (Å²) in [6, 6.07) is 7.13. The highest BCUT2D eigenvalue weighted by Crippen LogP contribution is 2.35. The maximum Gasteiger partial charge on any atom is 0.171 e. The third-order valence-electron chi connectivity index (χ3n) is 4.70. The lowest BCUT2D eigenvalue weighted by atomic mass is 10.0. The average Bonchev–Trinajstić information content (AvgIpc) is 3.19. The Kier molecular flexibility index (Phi) is 3.57. The summed E-state index contributed by atoms with van der Waals surface area (Å²) < 4.78 is 40.4. The first-order chi connectivity index (χ1) is 11.2. The first kappa shape index (κ1) is 14.6. The maximum absolute atomic E-state index is 14.8. The standard InChI is InChI=1S/C19H18F2O2/c1-2-11-5-7-14-15-8-6-12(10-13-4-3-9-22-13)17(21)19(15)23-18(14)16(11)20/h5-8,13H,2-4,9-10H2,1H3. The van der Waals surface area contributed by atoms with Crippen LogP contribution in [0.2, 0.25) is 0 Å². The van der Waals surface area contributed by atoms with Crippen molar-refractivity contribution >= 4 is 21.9 Å². The molecule has 4 rings (SSSR count). The molecule has 1 aliphatic rings. The minimum atomic E-state index is -0.397. The topological polar surface area (TPSA) is 22.4 Å². The largest absolute Gasteiger partial charge is 0.450 e. The molecule has 0 saturated carbocycles. The maximum atomic E-state index is 14.8. The molecule has 2 heterocycles. The van der Waals surface area contributed by atoms with E-state index in [4.69, 9.17) is 9.15 Å². The fraction of sp³-hybridized carbons (Fsp3) is 0.368. The Morgan fingerprint density at radius 1 is 1.00 bits per heavy atom. The number of aryl methyl sites for hydroxylation is 1. The van der Waals surface area contributed by atoms with Crippen LogP contribution in [0.15, 0.2) is 28.7 Å². The number of furan rings is 1. The van der Waals surface area contributed by atoms with Crippen molar-refractivity contribution < 1.29 is 17.9 Å². The fourth-order valence-electron chi connectivity index (χ4n) is 3.40. The third-order valence-corrected chi connectivity index (χ3v) is 4.70. The van der Waals surface area contributed by atoms with Crippen molar-refractivity contribution in [3.05, 3.63) is 47.0 Å². The average molecular weight is 316 g/mol. The normalized spacial score (nSPS) is 18.3. The lowest BCUT2D eigenvalue weighted by molar-refractivity contribution is 0.111. The zero-order chi connectivity index (χ0) is 16.0. The molecular formula is C19H18F2O2. The summed E-state index contributed by atoms with van der Waals surface area (Å²) in [5.41, 5.74) is 1.44. The van der Waals surface area contributed by atoms with Crippen molar-refractivity contribution in [2.24, 2.45) is 0 Å². The number of benzene rings is 2. The minimum absolute atomic E-state index is 0.0646. The van der Waals surface area contributed by atoms with E-state index in [1.807, 2.05) is 19.1 Å². The van der Waals surface area contributed by atoms with Gasteiger partial charge in [-0.15, -0.1) is 0 Å². The minimum Gasteiger partial charge on any atom is -0.450 e. The summed E-state index contributed by atoms with van der Waals surface area (Å²) in [6.07, 6.45) is 3.14. The molecule has 0 N–H and O–H groups in total. The molecule has 0 spiro atoms. The second-order valence-corrected chi connectivity index (χ2v) is 6.13. The van der Waals surface area contributed by atoms with Gasteiger partial charge in [0.2, 0.25) is 0 Å². The number of fused-ring (bicyclic) bond motifs is 3. The van der Waals surface area contributed by atoms with E-state index in [9.17, 15) is 8.78 Å². The Morgan fingerprint density at radius 3 is 2.26 bits per heavy atom. The molecule has 0 amide bonds. The van der Waals surface area contributed by atoms with Crippen molar-refractivity contribution in [2.75, 3.05) is 6.61 Å². The van der Waals surface area contributed by atoms with Crippen LogP contribution >= 0.6 is 0 Å². The molecule has 4 heteroatoms. The van der Waals surface area contributed by atoms with Gasteiger partial charge in [0.05, 0.1) is 6.10 Å².